The van der Waals surface area contributed by atoms with E-state index in [9.17, 15) is 23.2 Å². The fourth-order valence-corrected chi connectivity index (χ4v) is 4.79. The van der Waals surface area contributed by atoms with Crippen LogP contribution in [0.4, 0.5) is 19.3 Å². The number of hydrogen-bond donors (Lipinski definition) is 2. The smallest absolute Gasteiger partial charge is 0.329 e. The van der Waals surface area contributed by atoms with Crippen molar-refractivity contribution in [2.24, 2.45) is 0 Å². The molecule has 2 N–H and O–H groups in total. The molecule has 184 valence electrons. The number of nitrogens with one attached hydrogen (secondary N) is 2. The Hall–Kier alpha value is -3.57. The van der Waals surface area contributed by atoms with Gasteiger partial charge in [-0.3, -0.25) is 9.59 Å². The Bertz CT molecular complexity index is 1370. The third-order valence-corrected chi connectivity index (χ3v) is 6.25. The normalized spacial score (nSPS) is 14.2. The van der Waals surface area contributed by atoms with Crippen LogP contribution < -0.4 is 15.4 Å². The van der Waals surface area contributed by atoms with E-state index < -0.39 is 30.2 Å². The lowest BCUT2D eigenvalue weighted by molar-refractivity contribution is -0.127. The number of halogens is 4. The summed E-state index contributed by atoms with van der Waals surface area (Å²) in [5.41, 5.74) is 0.823. The third-order valence-electron chi connectivity index (χ3n) is 5.07. The first-order valence-electron chi connectivity index (χ1n) is 10.5. The molecular weight excluding hydrogens is 604 g/mol. The van der Waals surface area contributed by atoms with E-state index in [-0.39, 0.29) is 23.8 Å². The molecule has 1 saturated heterocycles. The monoisotopic (exact) mass is 619 g/mol. The lowest BCUT2D eigenvalue weighted by atomic mass is 10.1. The summed E-state index contributed by atoms with van der Waals surface area (Å²) in [5, 5.41) is 4.76. The number of ether oxygens (including phenoxy) is 1. The number of hydrogen-bond acceptors (Lipinski definition) is 4. The van der Waals surface area contributed by atoms with Crippen molar-refractivity contribution < 1.29 is 27.9 Å². The summed E-state index contributed by atoms with van der Waals surface area (Å²) >= 11 is 6.81. The van der Waals surface area contributed by atoms with Crippen LogP contribution in [0.3, 0.4) is 0 Å². The van der Waals surface area contributed by atoms with Gasteiger partial charge in [0.05, 0.1) is 14.6 Å². The zero-order chi connectivity index (χ0) is 25.8. The van der Waals surface area contributed by atoms with Crippen LogP contribution in [0.2, 0.25) is 0 Å². The highest BCUT2D eigenvalue weighted by Gasteiger charge is 2.35. The van der Waals surface area contributed by atoms with Crippen LogP contribution in [0.15, 0.2) is 75.3 Å². The quantitative estimate of drug-likeness (QED) is 0.266. The number of anilines is 1. The highest BCUT2D eigenvalue weighted by atomic mass is 79.9. The molecule has 0 saturated carbocycles. The van der Waals surface area contributed by atoms with Crippen molar-refractivity contribution in [3.8, 4) is 5.75 Å². The Morgan fingerprint density at radius 3 is 2.31 bits per heavy atom. The van der Waals surface area contributed by atoms with Gasteiger partial charge in [-0.05, 0) is 73.8 Å². The second-order valence-corrected chi connectivity index (χ2v) is 9.31. The summed E-state index contributed by atoms with van der Waals surface area (Å²) in [7, 11) is 0. The number of carbonyl (C=O) groups is 3. The second-order valence-electron chi connectivity index (χ2n) is 7.60. The van der Waals surface area contributed by atoms with E-state index in [1.807, 2.05) is 0 Å². The zero-order valence-electron chi connectivity index (χ0n) is 18.4. The fourth-order valence-electron chi connectivity index (χ4n) is 3.34. The van der Waals surface area contributed by atoms with E-state index in [1.165, 1.54) is 30.3 Å². The van der Waals surface area contributed by atoms with Gasteiger partial charge in [0.25, 0.3) is 5.91 Å². The minimum atomic E-state index is -0.780. The Morgan fingerprint density at radius 1 is 1.00 bits per heavy atom. The van der Waals surface area contributed by atoms with Crippen molar-refractivity contribution in [1.82, 2.24) is 10.2 Å². The average molecular weight is 621 g/mol. The number of nitrogens with zero attached hydrogens (tertiary/aromatic N) is 1. The number of benzene rings is 3. The number of carbonyl (C=O) groups excluding carboxylic acids is 3. The van der Waals surface area contributed by atoms with E-state index in [0.717, 1.165) is 4.90 Å². The molecule has 4 amide bonds. The van der Waals surface area contributed by atoms with Gasteiger partial charge in [0.1, 0.15) is 36.2 Å². The number of amides is 4. The van der Waals surface area contributed by atoms with Crippen LogP contribution in [0.25, 0.3) is 6.08 Å². The van der Waals surface area contributed by atoms with E-state index in [0.29, 0.717) is 25.8 Å². The van der Waals surface area contributed by atoms with Crippen molar-refractivity contribution in [3.05, 3.63) is 98.1 Å². The lowest BCUT2D eigenvalue weighted by Crippen LogP contribution is -2.38. The first-order chi connectivity index (χ1) is 17.2. The molecule has 0 atom stereocenters. The molecule has 36 heavy (non-hydrogen) atoms. The number of urea groups is 1. The molecule has 1 fully saturated rings. The molecule has 3 aromatic carbocycles. The third kappa shape index (κ3) is 5.80. The highest BCUT2D eigenvalue weighted by molar-refractivity contribution is 9.11. The SMILES string of the molecule is O=C(CN1C(=O)N/C(=C/c2cc(Br)c(OCc3ccccc3F)c(Br)c2)C1=O)Nc1ccccc1F. The van der Waals surface area contributed by atoms with E-state index in [2.05, 4.69) is 42.5 Å². The molecule has 0 aromatic heterocycles. The molecule has 11 heteroatoms. The molecule has 1 heterocycles. The van der Waals surface area contributed by atoms with Crippen LogP contribution in [0.1, 0.15) is 11.1 Å². The van der Waals surface area contributed by atoms with E-state index >= 15 is 0 Å². The van der Waals surface area contributed by atoms with Crippen molar-refractivity contribution >= 4 is 61.5 Å². The summed E-state index contributed by atoms with van der Waals surface area (Å²) < 4.78 is 34.4. The maximum absolute atomic E-state index is 13.9. The first kappa shape index (κ1) is 25.5. The van der Waals surface area contributed by atoms with E-state index in [4.69, 9.17) is 4.74 Å². The van der Waals surface area contributed by atoms with Gasteiger partial charge in [-0.2, -0.15) is 0 Å². The van der Waals surface area contributed by atoms with Crippen LogP contribution in [0.5, 0.6) is 5.75 Å². The topological polar surface area (TPSA) is 87.7 Å². The minimum absolute atomic E-state index is 0.00274. The average Bonchev–Trinajstić information content (AvgIpc) is 3.08. The number of para-hydroxylation sites is 1. The van der Waals surface area contributed by atoms with Crippen LogP contribution in [0, 0.1) is 11.6 Å². The molecule has 3 aromatic rings. The molecule has 1 aliphatic rings. The summed E-state index contributed by atoms with van der Waals surface area (Å²) in [4.78, 5) is 38.0. The van der Waals surface area contributed by atoms with Crippen LogP contribution in [-0.4, -0.2) is 29.3 Å². The fraction of sp³-hybridized carbons (Fsp3) is 0.0800. The summed E-state index contributed by atoms with van der Waals surface area (Å²) in [6, 6.07) is 14.3. The molecule has 7 nitrogen and oxygen atoms in total. The number of imide groups is 1. The predicted molar refractivity (Wildman–Crippen MR) is 136 cm³/mol. The first-order valence-corrected chi connectivity index (χ1v) is 12.1. The van der Waals surface area contributed by atoms with Crippen molar-refractivity contribution in [1.29, 1.82) is 0 Å². The summed E-state index contributed by atoms with van der Waals surface area (Å²) in [6.07, 6.45) is 1.44. The van der Waals surface area contributed by atoms with Crippen molar-refractivity contribution in [2.45, 2.75) is 6.61 Å². The largest absolute Gasteiger partial charge is 0.486 e. The van der Waals surface area contributed by atoms with Gasteiger partial charge in [0.15, 0.2) is 0 Å². The van der Waals surface area contributed by atoms with Crippen molar-refractivity contribution in [2.75, 3.05) is 11.9 Å². The Kier molecular flexibility index (Phi) is 7.80. The Labute approximate surface area is 221 Å². The molecule has 0 aliphatic carbocycles. The van der Waals surface area contributed by atoms with Gasteiger partial charge < -0.3 is 15.4 Å². The number of rotatable bonds is 7. The van der Waals surface area contributed by atoms with Gasteiger partial charge in [-0.15, -0.1) is 0 Å². The lowest BCUT2D eigenvalue weighted by Gasteiger charge is -2.12. The Morgan fingerprint density at radius 2 is 1.64 bits per heavy atom. The summed E-state index contributed by atoms with van der Waals surface area (Å²) in [6.45, 7) is -0.588. The highest BCUT2D eigenvalue weighted by Crippen LogP contribution is 2.36. The second kappa shape index (κ2) is 11.0. The standard InChI is InChI=1S/C25H17Br2F2N3O4/c26-16-9-14(10-17(27)23(16)36-13-15-5-1-2-6-18(15)28)11-21-24(34)32(25(35)31-21)12-22(33)30-20-8-4-3-7-19(20)29/h1-11H,12-13H2,(H,30,33)(H,31,35)/b21-11+. The van der Waals surface area contributed by atoms with Gasteiger partial charge >= 0.3 is 6.03 Å². The molecule has 1 aliphatic heterocycles. The molecule has 0 spiro atoms. The molecular formula is C25H17Br2F2N3O4. The molecule has 4 rings (SSSR count). The van der Waals surface area contributed by atoms with Gasteiger partial charge in [-0.25, -0.2) is 18.5 Å². The van der Waals surface area contributed by atoms with E-state index in [1.54, 1.807) is 36.4 Å². The molecule has 0 bridgehead atoms. The minimum Gasteiger partial charge on any atom is -0.486 e. The molecule has 0 unspecified atom stereocenters. The van der Waals surface area contributed by atoms with Crippen molar-refractivity contribution in [3.63, 3.8) is 0 Å². The maximum atomic E-state index is 13.9. The maximum Gasteiger partial charge on any atom is 0.329 e. The van der Waals surface area contributed by atoms with Gasteiger partial charge in [0.2, 0.25) is 5.91 Å². The predicted octanol–water partition coefficient (Wildman–Crippen LogP) is 5.60. The van der Waals surface area contributed by atoms with Gasteiger partial charge in [0, 0.05) is 5.56 Å². The van der Waals surface area contributed by atoms with Crippen LogP contribution >= 0.6 is 31.9 Å². The Balaban J connectivity index is 1.45. The zero-order valence-corrected chi connectivity index (χ0v) is 21.5. The molecule has 0 radical (unpaired) electrons. The van der Waals surface area contributed by atoms with Crippen LogP contribution in [-0.2, 0) is 16.2 Å². The summed E-state index contributed by atoms with van der Waals surface area (Å²) in [5.74, 6) is -2.04. The van der Waals surface area contributed by atoms with Gasteiger partial charge in [-0.1, -0.05) is 30.3 Å².